The average molecular weight is 288 g/mol. The van der Waals surface area contributed by atoms with E-state index in [0.29, 0.717) is 26.1 Å². The summed E-state index contributed by atoms with van der Waals surface area (Å²) in [6.45, 7) is 8.80. The highest BCUT2D eigenvalue weighted by molar-refractivity contribution is 5.69. The number of carbonyl (C=O) groups excluding carboxylic acids is 2. The van der Waals surface area contributed by atoms with Crippen LogP contribution in [0.4, 0.5) is 0 Å². The number of esters is 2. The van der Waals surface area contributed by atoms with Crippen molar-refractivity contribution in [1.29, 1.82) is 0 Å². The molecule has 0 spiro atoms. The van der Waals surface area contributed by atoms with E-state index < -0.39 is 0 Å². The van der Waals surface area contributed by atoms with E-state index in [0.717, 1.165) is 19.3 Å². The molecular weight excluding hydrogens is 256 g/mol. The lowest BCUT2D eigenvalue weighted by molar-refractivity contribution is -0.144. The Kier molecular flexibility index (Phi) is 19.1. The van der Waals surface area contributed by atoms with Gasteiger partial charge in [-0.2, -0.15) is 0 Å². The van der Waals surface area contributed by atoms with Crippen LogP contribution < -0.4 is 0 Å². The van der Waals surface area contributed by atoms with Crippen LogP contribution in [-0.2, 0) is 19.1 Å². The zero-order chi connectivity index (χ0) is 15.6. The molecule has 0 aliphatic heterocycles. The molecule has 20 heavy (non-hydrogen) atoms. The van der Waals surface area contributed by atoms with Crippen LogP contribution in [-0.4, -0.2) is 25.2 Å². The van der Waals surface area contributed by atoms with Crippen LogP contribution in [0.3, 0.4) is 0 Å². The van der Waals surface area contributed by atoms with Gasteiger partial charge in [0.25, 0.3) is 0 Å². The van der Waals surface area contributed by atoms with Crippen molar-refractivity contribution >= 4 is 11.9 Å². The third-order valence-electron chi connectivity index (χ3n) is 2.55. The summed E-state index contributed by atoms with van der Waals surface area (Å²) in [6.07, 6.45) is 7.94. The van der Waals surface area contributed by atoms with Crippen molar-refractivity contribution in [2.24, 2.45) is 0 Å². The molecule has 0 heterocycles. The van der Waals surface area contributed by atoms with Gasteiger partial charge in [-0.3, -0.25) is 9.59 Å². The van der Waals surface area contributed by atoms with Crippen LogP contribution >= 0.6 is 0 Å². The van der Waals surface area contributed by atoms with Gasteiger partial charge in [0.05, 0.1) is 13.2 Å². The third kappa shape index (κ3) is 19.3. The molecular formula is C16H32O4. The Morgan fingerprint density at radius 3 is 1.60 bits per heavy atom. The number of hydrogen-bond acceptors (Lipinski definition) is 4. The van der Waals surface area contributed by atoms with Crippen molar-refractivity contribution in [3.05, 3.63) is 0 Å². The Morgan fingerprint density at radius 2 is 1.15 bits per heavy atom. The van der Waals surface area contributed by atoms with Gasteiger partial charge in [0.2, 0.25) is 0 Å². The van der Waals surface area contributed by atoms with Gasteiger partial charge in [0.15, 0.2) is 0 Å². The van der Waals surface area contributed by atoms with E-state index in [-0.39, 0.29) is 11.9 Å². The van der Waals surface area contributed by atoms with E-state index in [4.69, 9.17) is 4.74 Å². The molecule has 0 aromatic rings. The normalized spacial score (nSPS) is 9.40. The first-order valence-corrected chi connectivity index (χ1v) is 7.93. The second-order valence-electron chi connectivity index (χ2n) is 4.52. The smallest absolute Gasteiger partial charge is 0.305 e. The molecule has 0 atom stereocenters. The van der Waals surface area contributed by atoms with Crippen LogP contribution in [0.2, 0.25) is 0 Å². The fraction of sp³-hybridized carbons (Fsp3) is 0.875. The zero-order valence-corrected chi connectivity index (χ0v) is 13.7. The summed E-state index contributed by atoms with van der Waals surface area (Å²) in [6, 6.07) is 0. The lowest BCUT2D eigenvalue weighted by atomic mass is 10.1. The second kappa shape index (κ2) is 17.9. The Morgan fingerprint density at radius 1 is 0.650 bits per heavy atom. The summed E-state index contributed by atoms with van der Waals surface area (Å²) in [5.41, 5.74) is 0. The molecule has 0 saturated heterocycles. The molecule has 0 amide bonds. The minimum Gasteiger partial charge on any atom is -0.466 e. The van der Waals surface area contributed by atoms with E-state index in [1.165, 1.54) is 19.3 Å². The van der Waals surface area contributed by atoms with Gasteiger partial charge in [-0.1, -0.05) is 39.5 Å². The molecule has 0 fully saturated rings. The molecule has 0 unspecified atom stereocenters. The highest BCUT2D eigenvalue weighted by Crippen LogP contribution is 2.05. The fourth-order valence-corrected chi connectivity index (χ4v) is 1.54. The predicted molar refractivity (Wildman–Crippen MR) is 81.6 cm³/mol. The molecule has 0 aromatic carbocycles. The number of ether oxygens (including phenoxy) is 2. The van der Waals surface area contributed by atoms with E-state index in [1.807, 2.05) is 20.8 Å². The Bertz CT molecular complexity index is 219. The standard InChI is InChI=1S/C10H20O2.C6H12O2/c1-3-5-6-7-8-9-10(11)12-4-2;1-3-5-6(7)8-4-2/h3-9H2,1-2H3;3-5H2,1-2H3. The maximum atomic E-state index is 10.9. The maximum absolute atomic E-state index is 10.9. The van der Waals surface area contributed by atoms with Crippen LogP contribution in [0.15, 0.2) is 0 Å². The molecule has 4 heteroatoms. The van der Waals surface area contributed by atoms with Gasteiger partial charge < -0.3 is 9.47 Å². The van der Waals surface area contributed by atoms with Crippen molar-refractivity contribution < 1.29 is 19.1 Å². The number of hydrogen-bond donors (Lipinski definition) is 0. The summed E-state index contributed by atoms with van der Waals surface area (Å²) in [5.74, 6) is -0.135. The van der Waals surface area contributed by atoms with E-state index in [2.05, 4.69) is 11.7 Å². The number of carbonyl (C=O) groups is 2. The molecule has 0 N–H and O–H groups in total. The first-order valence-electron chi connectivity index (χ1n) is 7.93. The Hall–Kier alpha value is -1.06. The van der Waals surface area contributed by atoms with Crippen molar-refractivity contribution in [3.8, 4) is 0 Å². The van der Waals surface area contributed by atoms with E-state index in [1.54, 1.807) is 0 Å². The Balaban J connectivity index is 0. The molecule has 0 rings (SSSR count). The largest absolute Gasteiger partial charge is 0.466 e. The number of rotatable bonds is 10. The SMILES string of the molecule is CCCC(=O)OCC.CCCCCCCC(=O)OCC. The van der Waals surface area contributed by atoms with Gasteiger partial charge >= 0.3 is 11.9 Å². The zero-order valence-electron chi connectivity index (χ0n) is 13.7. The molecule has 120 valence electrons. The van der Waals surface area contributed by atoms with Crippen LogP contribution in [0, 0.1) is 0 Å². The first kappa shape index (κ1) is 21.2. The molecule has 0 radical (unpaired) electrons. The van der Waals surface area contributed by atoms with E-state index in [9.17, 15) is 9.59 Å². The topological polar surface area (TPSA) is 52.6 Å². The van der Waals surface area contributed by atoms with Crippen LogP contribution in [0.5, 0.6) is 0 Å². The summed E-state index contributed by atoms with van der Waals surface area (Å²) in [4.78, 5) is 21.3. The van der Waals surface area contributed by atoms with E-state index >= 15 is 0 Å². The minimum absolute atomic E-state index is 0.0472. The van der Waals surface area contributed by atoms with Crippen LogP contribution in [0.25, 0.3) is 0 Å². The summed E-state index contributed by atoms with van der Waals surface area (Å²) >= 11 is 0. The van der Waals surface area contributed by atoms with Gasteiger partial charge in [-0.05, 0) is 26.7 Å². The van der Waals surface area contributed by atoms with Crippen molar-refractivity contribution in [2.45, 2.75) is 79.1 Å². The van der Waals surface area contributed by atoms with Crippen molar-refractivity contribution in [3.63, 3.8) is 0 Å². The molecule has 4 nitrogen and oxygen atoms in total. The summed E-state index contributed by atoms with van der Waals surface area (Å²) in [5, 5.41) is 0. The van der Waals surface area contributed by atoms with Crippen molar-refractivity contribution in [2.75, 3.05) is 13.2 Å². The monoisotopic (exact) mass is 288 g/mol. The first-order chi connectivity index (χ1) is 9.62. The van der Waals surface area contributed by atoms with Gasteiger partial charge in [0, 0.05) is 12.8 Å². The third-order valence-corrected chi connectivity index (χ3v) is 2.55. The highest BCUT2D eigenvalue weighted by atomic mass is 16.5. The molecule has 0 aliphatic rings. The quantitative estimate of drug-likeness (QED) is 0.445. The van der Waals surface area contributed by atoms with Gasteiger partial charge in [0.1, 0.15) is 0 Å². The maximum Gasteiger partial charge on any atom is 0.305 e. The van der Waals surface area contributed by atoms with Gasteiger partial charge in [-0.25, -0.2) is 0 Å². The predicted octanol–water partition coefficient (Wildman–Crippen LogP) is 4.26. The minimum atomic E-state index is -0.0880. The van der Waals surface area contributed by atoms with Crippen molar-refractivity contribution in [1.82, 2.24) is 0 Å². The molecule has 0 aliphatic carbocycles. The van der Waals surface area contributed by atoms with Gasteiger partial charge in [-0.15, -0.1) is 0 Å². The summed E-state index contributed by atoms with van der Waals surface area (Å²) in [7, 11) is 0. The highest BCUT2D eigenvalue weighted by Gasteiger charge is 1.99. The fourth-order valence-electron chi connectivity index (χ4n) is 1.54. The average Bonchev–Trinajstić information content (AvgIpc) is 2.40. The molecule has 0 bridgehead atoms. The lowest BCUT2D eigenvalue weighted by Gasteiger charge is -2.00. The number of unbranched alkanes of at least 4 members (excludes halogenated alkanes) is 4. The summed E-state index contributed by atoms with van der Waals surface area (Å²) < 4.78 is 9.45. The molecule has 0 saturated carbocycles. The van der Waals surface area contributed by atoms with Crippen LogP contribution in [0.1, 0.15) is 79.1 Å². The Labute approximate surface area is 124 Å². The second-order valence-corrected chi connectivity index (χ2v) is 4.52. The molecule has 0 aromatic heterocycles. The lowest BCUT2D eigenvalue weighted by Crippen LogP contribution is -2.02.